The molecule has 1 heterocycles. The monoisotopic (exact) mass is 326 g/mol. The molecule has 0 amide bonds. The molecule has 0 saturated carbocycles. The third-order valence-corrected chi connectivity index (χ3v) is 4.23. The smallest absolute Gasteiger partial charge is 0.186 e. The second kappa shape index (κ2) is 8.73. The number of hydrogen-bond acceptors (Lipinski definition) is 6. The van der Waals surface area contributed by atoms with E-state index in [1.54, 1.807) is 0 Å². The lowest BCUT2D eigenvalue weighted by Gasteiger charge is -2.39. The van der Waals surface area contributed by atoms with Crippen molar-refractivity contribution in [2.24, 2.45) is 0 Å². The van der Waals surface area contributed by atoms with Crippen LogP contribution in [0.4, 0.5) is 0 Å². The van der Waals surface area contributed by atoms with Crippen molar-refractivity contribution < 1.29 is 29.9 Å². The van der Waals surface area contributed by atoms with E-state index in [0.717, 1.165) is 19.3 Å². The summed E-state index contributed by atoms with van der Waals surface area (Å²) in [5.41, 5.74) is 2.57. The molecule has 1 saturated heterocycles. The van der Waals surface area contributed by atoms with E-state index in [9.17, 15) is 15.3 Å². The molecule has 0 spiro atoms. The summed E-state index contributed by atoms with van der Waals surface area (Å²) in [5.74, 6) is 0. The fourth-order valence-corrected chi connectivity index (χ4v) is 2.71. The quantitative estimate of drug-likeness (QED) is 0.532. The summed E-state index contributed by atoms with van der Waals surface area (Å²) < 4.78 is 10.7. The first kappa shape index (κ1) is 18.3. The van der Waals surface area contributed by atoms with Crippen molar-refractivity contribution in [1.29, 1.82) is 0 Å². The van der Waals surface area contributed by atoms with Crippen LogP contribution in [0.5, 0.6) is 0 Å². The number of rotatable bonds is 7. The average Bonchev–Trinajstić information content (AvgIpc) is 2.56. The Balaban J connectivity index is 1.72. The molecular weight excluding hydrogens is 300 g/mol. The molecule has 0 unspecified atom stereocenters. The molecule has 5 atom stereocenters. The summed E-state index contributed by atoms with van der Waals surface area (Å²) in [4.78, 5) is 0. The lowest BCUT2D eigenvalue weighted by Crippen LogP contribution is -2.59. The lowest BCUT2D eigenvalue weighted by molar-refractivity contribution is -0.301. The zero-order valence-corrected chi connectivity index (χ0v) is 13.3. The maximum absolute atomic E-state index is 9.85. The molecule has 2 rings (SSSR count). The molecule has 6 nitrogen and oxygen atoms in total. The standard InChI is InChI=1S/C17H26O6/c1-11-6-2-3-7-12(11)8-4-5-9-22-17-16(21)15(20)14(19)13(10-18)23-17/h2-3,6-7,13-21H,4-5,8-10H2,1H3/t13-,14-,15+,16-,17-/m1/s1. The van der Waals surface area contributed by atoms with Gasteiger partial charge in [-0.3, -0.25) is 0 Å². The molecule has 4 N–H and O–H groups in total. The molecule has 23 heavy (non-hydrogen) atoms. The van der Waals surface area contributed by atoms with Crippen molar-refractivity contribution in [3.63, 3.8) is 0 Å². The second-order valence-electron chi connectivity index (χ2n) is 5.95. The highest BCUT2D eigenvalue weighted by Gasteiger charge is 2.43. The summed E-state index contributed by atoms with van der Waals surface area (Å²) in [5, 5.41) is 38.3. The maximum Gasteiger partial charge on any atom is 0.186 e. The third-order valence-electron chi connectivity index (χ3n) is 4.23. The lowest BCUT2D eigenvalue weighted by atomic mass is 9.99. The average molecular weight is 326 g/mol. The van der Waals surface area contributed by atoms with Crippen molar-refractivity contribution in [3.05, 3.63) is 35.4 Å². The van der Waals surface area contributed by atoms with E-state index in [1.165, 1.54) is 11.1 Å². The van der Waals surface area contributed by atoms with E-state index in [-0.39, 0.29) is 0 Å². The van der Waals surface area contributed by atoms with Gasteiger partial charge >= 0.3 is 0 Å². The molecule has 1 aliphatic heterocycles. The topological polar surface area (TPSA) is 99.4 Å². The van der Waals surface area contributed by atoms with Gasteiger partial charge in [-0.05, 0) is 37.3 Å². The summed E-state index contributed by atoms with van der Waals surface area (Å²) in [6.07, 6.45) is -3.37. The van der Waals surface area contributed by atoms with Gasteiger partial charge in [-0.1, -0.05) is 24.3 Å². The Hall–Kier alpha value is -1.02. The minimum Gasteiger partial charge on any atom is -0.394 e. The Labute approximate surface area is 136 Å². The van der Waals surface area contributed by atoms with Crippen molar-refractivity contribution in [2.75, 3.05) is 13.2 Å². The van der Waals surface area contributed by atoms with Gasteiger partial charge in [-0.2, -0.15) is 0 Å². The predicted octanol–water partition coefficient (Wildman–Crippen LogP) is 0.134. The molecule has 1 fully saturated rings. The Morgan fingerprint density at radius 3 is 2.48 bits per heavy atom. The number of ether oxygens (including phenoxy) is 2. The van der Waals surface area contributed by atoms with Crippen LogP contribution in [0.2, 0.25) is 0 Å². The first-order valence-corrected chi connectivity index (χ1v) is 8.01. The van der Waals surface area contributed by atoms with Crippen molar-refractivity contribution >= 4 is 0 Å². The Morgan fingerprint density at radius 1 is 1.04 bits per heavy atom. The molecule has 0 aliphatic carbocycles. The number of aliphatic hydroxyl groups excluding tert-OH is 4. The number of benzene rings is 1. The van der Waals surface area contributed by atoms with Gasteiger partial charge in [0.05, 0.1) is 6.61 Å². The highest BCUT2D eigenvalue weighted by atomic mass is 16.7. The SMILES string of the molecule is Cc1ccccc1CCCCO[C@@H]1O[C@H](CO)[C@@H](O)[C@H](O)[C@H]1O. The van der Waals surface area contributed by atoms with Crippen LogP contribution in [-0.2, 0) is 15.9 Å². The number of unbranched alkanes of at least 4 members (excludes halogenated alkanes) is 1. The van der Waals surface area contributed by atoms with E-state index in [0.29, 0.717) is 6.61 Å². The zero-order chi connectivity index (χ0) is 16.8. The van der Waals surface area contributed by atoms with Crippen molar-refractivity contribution in [1.82, 2.24) is 0 Å². The van der Waals surface area contributed by atoms with E-state index < -0.39 is 37.3 Å². The van der Waals surface area contributed by atoms with Gasteiger partial charge < -0.3 is 29.9 Å². The van der Waals surface area contributed by atoms with Crippen LogP contribution in [0.3, 0.4) is 0 Å². The number of aryl methyl sites for hydroxylation is 2. The van der Waals surface area contributed by atoms with Gasteiger partial charge in [0.15, 0.2) is 6.29 Å². The first-order chi connectivity index (χ1) is 11.0. The molecule has 1 aliphatic rings. The van der Waals surface area contributed by atoms with Crippen LogP contribution in [0, 0.1) is 6.92 Å². The number of aliphatic hydroxyl groups is 4. The fraction of sp³-hybridized carbons (Fsp3) is 0.647. The molecule has 0 radical (unpaired) electrons. The van der Waals surface area contributed by atoms with E-state index in [4.69, 9.17) is 14.6 Å². The van der Waals surface area contributed by atoms with Gasteiger partial charge in [-0.25, -0.2) is 0 Å². The van der Waals surface area contributed by atoms with E-state index in [1.807, 2.05) is 12.1 Å². The Morgan fingerprint density at radius 2 is 1.78 bits per heavy atom. The van der Waals surface area contributed by atoms with Gasteiger partial charge in [0, 0.05) is 6.61 Å². The molecule has 0 bridgehead atoms. The normalized spacial score (nSPS) is 31.3. The van der Waals surface area contributed by atoms with Crippen LogP contribution in [0.15, 0.2) is 24.3 Å². The van der Waals surface area contributed by atoms with Crippen molar-refractivity contribution in [3.8, 4) is 0 Å². The summed E-state index contributed by atoms with van der Waals surface area (Å²) >= 11 is 0. The second-order valence-corrected chi connectivity index (χ2v) is 5.95. The summed E-state index contributed by atoms with van der Waals surface area (Å²) in [7, 11) is 0. The largest absolute Gasteiger partial charge is 0.394 e. The minimum atomic E-state index is -1.39. The van der Waals surface area contributed by atoms with Crippen LogP contribution in [-0.4, -0.2) is 64.3 Å². The summed E-state index contributed by atoms with van der Waals surface area (Å²) in [6, 6.07) is 8.22. The van der Waals surface area contributed by atoms with E-state index in [2.05, 4.69) is 19.1 Å². The highest BCUT2D eigenvalue weighted by molar-refractivity contribution is 5.25. The van der Waals surface area contributed by atoms with Gasteiger partial charge in [0.25, 0.3) is 0 Å². The zero-order valence-electron chi connectivity index (χ0n) is 13.3. The number of hydrogen-bond donors (Lipinski definition) is 4. The van der Waals surface area contributed by atoms with Crippen LogP contribution in [0.25, 0.3) is 0 Å². The first-order valence-electron chi connectivity index (χ1n) is 8.01. The molecule has 1 aromatic rings. The predicted molar refractivity (Wildman–Crippen MR) is 83.8 cm³/mol. The molecule has 0 aromatic heterocycles. The summed E-state index contributed by atoms with van der Waals surface area (Å²) in [6.45, 7) is 2.01. The molecule has 130 valence electrons. The Kier molecular flexibility index (Phi) is 6.95. The molecular formula is C17H26O6. The van der Waals surface area contributed by atoms with Gasteiger partial charge in [0.2, 0.25) is 0 Å². The Bertz CT molecular complexity index is 478. The van der Waals surface area contributed by atoms with Gasteiger partial charge in [0.1, 0.15) is 24.4 Å². The van der Waals surface area contributed by atoms with Crippen LogP contribution in [0.1, 0.15) is 24.0 Å². The van der Waals surface area contributed by atoms with Crippen LogP contribution >= 0.6 is 0 Å². The minimum absolute atomic E-state index is 0.370. The third kappa shape index (κ3) is 4.73. The fourth-order valence-electron chi connectivity index (χ4n) is 2.71. The molecule has 6 heteroatoms. The van der Waals surface area contributed by atoms with Crippen molar-refractivity contribution in [2.45, 2.75) is 56.9 Å². The maximum atomic E-state index is 9.85. The highest BCUT2D eigenvalue weighted by Crippen LogP contribution is 2.22. The van der Waals surface area contributed by atoms with Crippen LogP contribution < -0.4 is 0 Å². The van der Waals surface area contributed by atoms with Gasteiger partial charge in [-0.15, -0.1) is 0 Å². The molecule has 1 aromatic carbocycles. The van der Waals surface area contributed by atoms with E-state index >= 15 is 0 Å².